The van der Waals surface area contributed by atoms with Gasteiger partial charge in [0, 0.05) is 43.0 Å². The predicted molar refractivity (Wildman–Crippen MR) is 103 cm³/mol. The van der Waals surface area contributed by atoms with Gasteiger partial charge >= 0.3 is 0 Å². The van der Waals surface area contributed by atoms with Gasteiger partial charge in [-0.3, -0.25) is 9.88 Å². The Labute approximate surface area is 160 Å². The highest BCUT2D eigenvalue weighted by Gasteiger charge is 2.29. The Morgan fingerprint density at radius 2 is 2.00 bits per heavy atom. The number of pyridine rings is 1. The van der Waals surface area contributed by atoms with Crippen molar-refractivity contribution < 1.29 is 14.4 Å². The molecule has 0 bridgehead atoms. The van der Waals surface area contributed by atoms with Crippen molar-refractivity contribution in [3.63, 3.8) is 0 Å². The minimum absolute atomic E-state index is 0.0362. The molecule has 146 valence electrons. The van der Waals surface area contributed by atoms with Gasteiger partial charge in [0.25, 0.3) is 0 Å². The van der Waals surface area contributed by atoms with Gasteiger partial charge in [-0.15, -0.1) is 0 Å². The molecule has 0 radical (unpaired) electrons. The first-order valence-electron chi connectivity index (χ1n) is 10.0. The van der Waals surface area contributed by atoms with Crippen LogP contribution in [0.25, 0.3) is 11.3 Å². The van der Waals surface area contributed by atoms with Crippen LogP contribution < -0.4 is 0 Å². The number of aryl methyl sites for hydroxylation is 2. The van der Waals surface area contributed by atoms with Gasteiger partial charge in [0.2, 0.25) is 0 Å². The summed E-state index contributed by atoms with van der Waals surface area (Å²) in [6, 6.07) is 4.74. The molecule has 0 saturated carbocycles. The van der Waals surface area contributed by atoms with Crippen molar-refractivity contribution >= 4 is 0 Å². The number of nitrogens with zero attached hydrogens (tertiary/aromatic N) is 3. The first-order chi connectivity index (χ1) is 13.2. The third-order valence-electron chi connectivity index (χ3n) is 6.02. The summed E-state index contributed by atoms with van der Waals surface area (Å²) in [5.74, 6) is 1.17. The highest BCUT2D eigenvalue weighted by molar-refractivity contribution is 5.67. The number of likely N-dealkylation sites (tertiary alicyclic amines) is 1. The van der Waals surface area contributed by atoms with Crippen LogP contribution >= 0.6 is 0 Å². The maximum atomic E-state index is 9.80. The molecule has 4 rings (SSSR count). The number of aliphatic hydroxyl groups is 1. The van der Waals surface area contributed by atoms with E-state index in [0.717, 1.165) is 73.0 Å². The zero-order chi connectivity index (χ0) is 18.8. The third-order valence-corrected chi connectivity index (χ3v) is 6.02. The minimum atomic E-state index is -0.0362. The average Bonchev–Trinajstić information content (AvgIpc) is 3.06. The van der Waals surface area contributed by atoms with Crippen molar-refractivity contribution in [2.75, 3.05) is 26.3 Å². The quantitative estimate of drug-likeness (QED) is 0.890. The van der Waals surface area contributed by atoms with E-state index < -0.39 is 0 Å². The van der Waals surface area contributed by atoms with Gasteiger partial charge in [-0.2, -0.15) is 0 Å². The lowest BCUT2D eigenvalue weighted by Crippen LogP contribution is -2.44. The van der Waals surface area contributed by atoms with Gasteiger partial charge in [0.1, 0.15) is 5.76 Å². The van der Waals surface area contributed by atoms with Gasteiger partial charge in [-0.1, -0.05) is 11.2 Å². The molecule has 4 heterocycles. The SMILES string of the molecule is Cc1noc(C)c1-c1nc([C@@H]2CCCN(C3CCOCC3)C2)ccc1CO. The summed E-state index contributed by atoms with van der Waals surface area (Å²) < 4.78 is 10.9. The lowest BCUT2D eigenvalue weighted by molar-refractivity contribution is 0.0237. The predicted octanol–water partition coefficient (Wildman–Crippen LogP) is 3.20. The molecule has 6 nitrogen and oxygen atoms in total. The monoisotopic (exact) mass is 371 g/mol. The highest BCUT2D eigenvalue weighted by atomic mass is 16.5. The van der Waals surface area contributed by atoms with Crippen LogP contribution in [-0.4, -0.2) is 52.5 Å². The first-order valence-corrected chi connectivity index (χ1v) is 10.0. The molecule has 2 aliphatic rings. The van der Waals surface area contributed by atoms with E-state index in [1.807, 2.05) is 19.9 Å². The summed E-state index contributed by atoms with van der Waals surface area (Å²) in [5.41, 5.74) is 4.48. The molecule has 1 atom stereocenters. The Hall–Kier alpha value is -1.76. The number of aromatic nitrogens is 2. The second-order valence-electron chi connectivity index (χ2n) is 7.78. The van der Waals surface area contributed by atoms with Crippen LogP contribution in [0, 0.1) is 13.8 Å². The summed E-state index contributed by atoms with van der Waals surface area (Å²) in [4.78, 5) is 7.63. The van der Waals surface area contributed by atoms with Gasteiger partial charge in [-0.25, -0.2) is 0 Å². The Morgan fingerprint density at radius 3 is 2.70 bits per heavy atom. The van der Waals surface area contributed by atoms with E-state index in [0.29, 0.717) is 12.0 Å². The molecule has 0 unspecified atom stereocenters. The molecule has 0 amide bonds. The maximum absolute atomic E-state index is 9.80. The number of ether oxygens (including phenoxy) is 1. The highest BCUT2D eigenvalue weighted by Crippen LogP contribution is 2.33. The molecule has 1 N–H and O–H groups in total. The molecule has 2 aliphatic heterocycles. The van der Waals surface area contributed by atoms with E-state index >= 15 is 0 Å². The first kappa shape index (κ1) is 18.6. The molecule has 6 heteroatoms. The van der Waals surface area contributed by atoms with E-state index in [9.17, 15) is 5.11 Å². The summed E-state index contributed by atoms with van der Waals surface area (Å²) in [7, 11) is 0. The van der Waals surface area contributed by atoms with Crippen LogP contribution in [-0.2, 0) is 11.3 Å². The summed E-state index contributed by atoms with van der Waals surface area (Å²) in [5, 5.41) is 13.9. The Balaban J connectivity index is 1.61. The molecular formula is C21H29N3O3. The van der Waals surface area contributed by atoms with E-state index in [1.54, 1.807) is 0 Å². The standard InChI is InChI=1S/C21H29N3O3/c1-14-20(15(2)27-23-14)21-17(13-25)5-6-19(22-21)16-4-3-9-24(12-16)18-7-10-26-11-8-18/h5-6,16,18,25H,3-4,7-13H2,1-2H3/t16-/m1/s1. The molecule has 0 aromatic carbocycles. The van der Waals surface area contributed by atoms with E-state index in [1.165, 1.54) is 13.0 Å². The zero-order valence-electron chi connectivity index (χ0n) is 16.3. The Bertz CT molecular complexity index is 763. The van der Waals surface area contributed by atoms with Crippen LogP contribution in [0.15, 0.2) is 16.7 Å². The lowest BCUT2D eigenvalue weighted by Gasteiger charge is -2.39. The Kier molecular flexibility index (Phi) is 5.57. The molecule has 2 aromatic rings. The molecule has 0 spiro atoms. The van der Waals surface area contributed by atoms with Crippen LogP contribution in [0.3, 0.4) is 0 Å². The molecule has 2 fully saturated rings. The normalized spacial score (nSPS) is 22.3. The van der Waals surface area contributed by atoms with Crippen LogP contribution in [0.2, 0.25) is 0 Å². The fourth-order valence-corrected chi connectivity index (χ4v) is 4.53. The van der Waals surface area contributed by atoms with Crippen molar-refractivity contribution in [3.8, 4) is 11.3 Å². The van der Waals surface area contributed by atoms with E-state index in [2.05, 4.69) is 16.1 Å². The van der Waals surface area contributed by atoms with E-state index in [4.69, 9.17) is 14.2 Å². The minimum Gasteiger partial charge on any atom is -0.392 e. The summed E-state index contributed by atoms with van der Waals surface area (Å²) in [6.07, 6.45) is 4.63. The summed E-state index contributed by atoms with van der Waals surface area (Å²) >= 11 is 0. The lowest BCUT2D eigenvalue weighted by atomic mass is 9.91. The van der Waals surface area contributed by atoms with Crippen molar-refractivity contribution in [2.45, 2.75) is 58.1 Å². The molecule has 2 aromatic heterocycles. The van der Waals surface area contributed by atoms with Crippen molar-refractivity contribution in [1.29, 1.82) is 0 Å². The Morgan fingerprint density at radius 1 is 1.19 bits per heavy atom. The van der Waals surface area contributed by atoms with Gasteiger partial charge in [0.05, 0.1) is 23.6 Å². The second-order valence-corrected chi connectivity index (χ2v) is 7.78. The van der Waals surface area contributed by atoms with Crippen molar-refractivity contribution in [1.82, 2.24) is 15.0 Å². The molecule has 27 heavy (non-hydrogen) atoms. The van der Waals surface area contributed by atoms with Crippen molar-refractivity contribution in [2.24, 2.45) is 0 Å². The smallest absolute Gasteiger partial charge is 0.143 e. The third kappa shape index (κ3) is 3.79. The summed E-state index contributed by atoms with van der Waals surface area (Å²) in [6.45, 7) is 7.78. The second kappa shape index (κ2) is 8.09. The maximum Gasteiger partial charge on any atom is 0.143 e. The number of hydrogen-bond donors (Lipinski definition) is 1. The van der Waals surface area contributed by atoms with Crippen LogP contribution in [0.4, 0.5) is 0 Å². The number of aliphatic hydroxyl groups excluding tert-OH is 1. The number of piperidine rings is 1. The van der Waals surface area contributed by atoms with Gasteiger partial charge in [-0.05, 0) is 52.1 Å². The van der Waals surface area contributed by atoms with Gasteiger partial charge in [0.15, 0.2) is 0 Å². The van der Waals surface area contributed by atoms with Crippen LogP contribution in [0.5, 0.6) is 0 Å². The average molecular weight is 371 g/mol. The molecule has 2 saturated heterocycles. The topological polar surface area (TPSA) is 71.6 Å². The fourth-order valence-electron chi connectivity index (χ4n) is 4.53. The van der Waals surface area contributed by atoms with Crippen molar-refractivity contribution in [3.05, 3.63) is 34.8 Å². The van der Waals surface area contributed by atoms with E-state index in [-0.39, 0.29) is 6.61 Å². The number of hydrogen-bond acceptors (Lipinski definition) is 6. The largest absolute Gasteiger partial charge is 0.392 e. The van der Waals surface area contributed by atoms with Gasteiger partial charge < -0.3 is 14.4 Å². The van der Waals surface area contributed by atoms with Crippen LogP contribution in [0.1, 0.15) is 54.3 Å². The fraction of sp³-hybridized carbons (Fsp3) is 0.619. The number of rotatable bonds is 4. The molecular weight excluding hydrogens is 342 g/mol. The molecule has 0 aliphatic carbocycles. The zero-order valence-corrected chi connectivity index (χ0v) is 16.3.